The molecule has 0 unspecified atom stereocenters. The van der Waals surface area contributed by atoms with Crippen molar-refractivity contribution in [2.24, 2.45) is 0 Å². The minimum Gasteiger partial charge on any atom is -0.497 e. The van der Waals surface area contributed by atoms with Gasteiger partial charge >= 0.3 is 0 Å². The molecule has 10 nitrogen and oxygen atoms in total. The van der Waals surface area contributed by atoms with Crippen LogP contribution < -0.4 is 14.2 Å². The summed E-state index contributed by atoms with van der Waals surface area (Å²) < 4.78 is 74.3. The minimum atomic E-state index is -4.00. The van der Waals surface area contributed by atoms with Gasteiger partial charge in [0.25, 0.3) is 0 Å². The van der Waals surface area contributed by atoms with Crippen molar-refractivity contribution in [1.82, 2.24) is 13.5 Å². The summed E-state index contributed by atoms with van der Waals surface area (Å²) in [6.07, 6.45) is 0. The number of rotatable bonds is 12. The Kier molecular flexibility index (Phi) is 10.1. The quantitative estimate of drug-likeness (QED) is 0.193. The summed E-state index contributed by atoms with van der Waals surface area (Å²) in [4.78, 5) is 2.30. The van der Waals surface area contributed by atoms with Gasteiger partial charge in [0, 0.05) is 45.8 Å². The smallest absolute Gasteiger partial charge is 0.243 e. The van der Waals surface area contributed by atoms with E-state index in [0.29, 0.717) is 44.4 Å². The molecule has 0 radical (unpaired) electrons. The van der Waals surface area contributed by atoms with Crippen molar-refractivity contribution in [3.05, 3.63) is 113 Å². The summed E-state index contributed by atoms with van der Waals surface area (Å²) >= 11 is 0. The van der Waals surface area contributed by atoms with Crippen molar-refractivity contribution in [1.29, 1.82) is 0 Å². The fourth-order valence-electron chi connectivity index (χ4n) is 5.88. The lowest BCUT2D eigenvalue weighted by Crippen LogP contribution is -2.48. The van der Waals surface area contributed by atoms with Gasteiger partial charge in [0.1, 0.15) is 5.75 Å². The van der Waals surface area contributed by atoms with E-state index in [0.717, 1.165) is 28.2 Å². The van der Waals surface area contributed by atoms with E-state index in [1.165, 1.54) is 38.4 Å². The third kappa shape index (κ3) is 7.53. The fraction of sp³-hybridized carbons (Fsp3) is 0.333. The maximum absolute atomic E-state index is 14.1. The van der Waals surface area contributed by atoms with Crippen LogP contribution in [0.5, 0.6) is 17.2 Å². The van der Waals surface area contributed by atoms with Crippen molar-refractivity contribution < 1.29 is 31.0 Å². The number of piperazine rings is 1. The second-order valence-corrected chi connectivity index (χ2v) is 16.2. The molecule has 1 saturated heterocycles. The highest BCUT2D eigenvalue weighted by Crippen LogP contribution is 2.33. The van der Waals surface area contributed by atoms with Crippen LogP contribution in [-0.2, 0) is 39.7 Å². The molecule has 0 aromatic heterocycles. The highest BCUT2D eigenvalue weighted by atomic mass is 32.2. The Morgan fingerprint density at radius 2 is 1.27 bits per heavy atom. The molecule has 48 heavy (non-hydrogen) atoms. The highest BCUT2D eigenvalue weighted by molar-refractivity contribution is 7.89. The molecule has 0 atom stereocenters. The summed E-state index contributed by atoms with van der Waals surface area (Å²) in [5, 5.41) is 0. The first kappa shape index (κ1) is 33.9. The molecule has 2 aliphatic heterocycles. The van der Waals surface area contributed by atoms with Crippen LogP contribution in [-0.4, -0.2) is 70.4 Å². The van der Waals surface area contributed by atoms with Gasteiger partial charge in [-0.05, 0) is 76.7 Å². The number of hydrogen-bond acceptors (Lipinski definition) is 8. The van der Waals surface area contributed by atoms with Crippen LogP contribution in [0, 0.1) is 0 Å². The number of hydrogen-bond donors (Lipinski definition) is 0. The first-order valence-electron chi connectivity index (χ1n) is 16.0. The highest BCUT2D eigenvalue weighted by Gasteiger charge is 2.30. The number of benzene rings is 4. The molecular formula is C36H41N3O7S2. The molecule has 4 aromatic carbocycles. The summed E-state index contributed by atoms with van der Waals surface area (Å²) in [5.41, 5.74) is 3.90. The Bertz CT molecular complexity index is 1920. The summed E-state index contributed by atoms with van der Waals surface area (Å²) in [5.74, 6) is 2.50. The van der Waals surface area contributed by atoms with Gasteiger partial charge in [-0.25, -0.2) is 16.8 Å². The van der Waals surface area contributed by atoms with Crippen LogP contribution in [0.3, 0.4) is 0 Å². The topological polar surface area (TPSA) is 106 Å². The maximum Gasteiger partial charge on any atom is 0.243 e. The molecular weight excluding hydrogens is 651 g/mol. The van der Waals surface area contributed by atoms with Gasteiger partial charge in [-0.15, -0.1) is 0 Å². The monoisotopic (exact) mass is 691 g/mol. The number of methoxy groups -OCH3 is 1. The average Bonchev–Trinajstić information content (AvgIpc) is 3.57. The van der Waals surface area contributed by atoms with Crippen molar-refractivity contribution >= 4 is 20.0 Å². The van der Waals surface area contributed by atoms with E-state index in [9.17, 15) is 16.8 Å². The molecule has 0 saturated carbocycles. The molecule has 0 N–H and O–H groups in total. The molecule has 4 aromatic rings. The molecule has 0 bridgehead atoms. The van der Waals surface area contributed by atoms with E-state index in [1.54, 1.807) is 19.2 Å². The van der Waals surface area contributed by atoms with E-state index in [1.807, 2.05) is 54.6 Å². The van der Waals surface area contributed by atoms with E-state index in [4.69, 9.17) is 14.2 Å². The van der Waals surface area contributed by atoms with Gasteiger partial charge in [-0.2, -0.15) is 8.61 Å². The average molecular weight is 692 g/mol. The van der Waals surface area contributed by atoms with Crippen LogP contribution in [0.4, 0.5) is 0 Å². The van der Waals surface area contributed by atoms with Gasteiger partial charge in [0.15, 0.2) is 11.5 Å². The van der Waals surface area contributed by atoms with E-state index < -0.39 is 20.0 Å². The summed E-state index contributed by atoms with van der Waals surface area (Å²) in [6.45, 7) is 7.21. The Labute approximate surface area is 283 Å². The van der Waals surface area contributed by atoms with Crippen molar-refractivity contribution in [3.63, 3.8) is 0 Å². The molecule has 12 heteroatoms. The van der Waals surface area contributed by atoms with Gasteiger partial charge < -0.3 is 14.2 Å². The second kappa shape index (κ2) is 14.3. The standard InChI is InChI=1S/C36H41N3O7S2/c1-27(2)31-9-4-28(5-10-31)24-39(25-29-6-11-32(44-3)12-7-29)48(42,43)34-15-13-33(14-16-34)47(40,41)38-20-18-37(19-21-38)23-30-8-17-35-36(22-30)46-26-45-35/h4-17,22,27H,18-21,23-26H2,1-3H3. The van der Waals surface area contributed by atoms with E-state index >= 15 is 0 Å². The lowest BCUT2D eigenvalue weighted by molar-refractivity contribution is 0.173. The molecule has 2 aliphatic rings. The normalized spacial score (nSPS) is 15.7. The number of fused-ring (bicyclic) bond motifs is 1. The maximum atomic E-state index is 14.1. The first-order chi connectivity index (χ1) is 23.0. The lowest BCUT2D eigenvalue weighted by atomic mass is 10.0. The molecule has 1 fully saturated rings. The predicted octanol–water partition coefficient (Wildman–Crippen LogP) is 5.44. The Balaban J connectivity index is 1.15. The number of ether oxygens (including phenoxy) is 3. The Morgan fingerprint density at radius 1 is 0.708 bits per heavy atom. The summed E-state index contributed by atoms with van der Waals surface area (Å²) in [6, 6.07) is 26.6. The van der Waals surface area contributed by atoms with Crippen LogP contribution in [0.2, 0.25) is 0 Å². The van der Waals surface area contributed by atoms with Crippen LogP contribution >= 0.6 is 0 Å². The zero-order valence-electron chi connectivity index (χ0n) is 27.4. The molecule has 0 amide bonds. The minimum absolute atomic E-state index is 0.0299. The molecule has 0 aliphatic carbocycles. The van der Waals surface area contributed by atoms with Crippen molar-refractivity contribution in [2.45, 2.75) is 49.2 Å². The predicted molar refractivity (Wildman–Crippen MR) is 183 cm³/mol. The third-order valence-corrected chi connectivity index (χ3v) is 12.5. The number of sulfonamides is 2. The molecule has 2 heterocycles. The van der Waals surface area contributed by atoms with Crippen molar-refractivity contribution in [2.75, 3.05) is 40.1 Å². The Hall–Kier alpha value is -3.94. The van der Waals surface area contributed by atoms with E-state index in [2.05, 4.69) is 18.7 Å². The zero-order chi connectivity index (χ0) is 33.9. The molecule has 254 valence electrons. The van der Waals surface area contributed by atoms with Gasteiger partial charge in [-0.3, -0.25) is 4.90 Å². The van der Waals surface area contributed by atoms with Crippen LogP contribution in [0.25, 0.3) is 0 Å². The molecule has 0 spiro atoms. The lowest BCUT2D eigenvalue weighted by Gasteiger charge is -2.34. The largest absolute Gasteiger partial charge is 0.497 e. The zero-order valence-corrected chi connectivity index (χ0v) is 29.0. The fourth-order valence-corrected chi connectivity index (χ4v) is 8.72. The van der Waals surface area contributed by atoms with Gasteiger partial charge in [-0.1, -0.05) is 56.3 Å². The van der Waals surface area contributed by atoms with E-state index in [-0.39, 0.29) is 29.7 Å². The number of nitrogens with zero attached hydrogens (tertiary/aromatic N) is 3. The third-order valence-electron chi connectivity index (χ3n) is 8.80. The van der Waals surface area contributed by atoms with Gasteiger partial charge in [0.05, 0.1) is 16.9 Å². The summed E-state index contributed by atoms with van der Waals surface area (Å²) in [7, 11) is -6.23. The first-order valence-corrected chi connectivity index (χ1v) is 18.8. The van der Waals surface area contributed by atoms with Crippen LogP contribution in [0.15, 0.2) is 101 Å². The second-order valence-electron chi connectivity index (χ2n) is 12.4. The Morgan fingerprint density at radius 3 is 1.88 bits per heavy atom. The van der Waals surface area contributed by atoms with Gasteiger partial charge in [0.2, 0.25) is 26.8 Å². The SMILES string of the molecule is COc1ccc(CN(Cc2ccc(C(C)C)cc2)S(=O)(=O)c2ccc(S(=O)(=O)N3CCN(Cc4ccc5c(c4)OCO5)CC3)cc2)cc1. The molecule has 6 rings (SSSR count). The van der Waals surface area contributed by atoms with Crippen LogP contribution in [0.1, 0.15) is 42.0 Å². The van der Waals surface area contributed by atoms with Crippen molar-refractivity contribution in [3.8, 4) is 17.2 Å².